The summed E-state index contributed by atoms with van der Waals surface area (Å²) in [5, 5.41) is 2.40. The lowest BCUT2D eigenvalue weighted by Gasteiger charge is -2.12. The topological polar surface area (TPSA) is 73.6 Å². The second kappa shape index (κ2) is 5.38. The third kappa shape index (κ3) is 3.01. The zero-order chi connectivity index (χ0) is 16.6. The van der Waals surface area contributed by atoms with Gasteiger partial charge in [-0.3, -0.25) is 4.79 Å². The van der Waals surface area contributed by atoms with Crippen molar-refractivity contribution in [3.8, 4) is 11.5 Å². The molecule has 1 amide bonds. The molecule has 1 aliphatic rings. The van der Waals surface area contributed by atoms with E-state index >= 15 is 0 Å². The normalized spacial score (nSPS) is 13.0. The van der Waals surface area contributed by atoms with Gasteiger partial charge < -0.3 is 20.5 Å². The van der Waals surface area contributed by atoms with Crippen LogP contribution in [0.4, 0.5) is 24.5 Å². The Labute approximate surface area is 128 Å². The van der Waals surface area contributed by atoms with E-state index in [1.807, 2.05) is 0 Å². The first-order chi connectivity index (χ1) is 10.8. The van der Waals surface area contributed by atoms with Crippen LogP contribution < -0.4 is 20.5 Å². The first-order valence-corrected chi connectivity index (χ1v) is 6.52. The van der Waals surface area contributed by atoms with Crippen LogP contribution in [0, 0.1) is 0 Å². The maximum absolute atomic E-state index is 12.8. The molecule has 0 spiro atoms. The van der Waals surface area contributed by atoms with Gasteiger partial charge >= 0.3 is 6.18 Å². The minimum atomic E-state index is -4.59. The van der Waals surface area contributed by atoms with Crippen LogP contribution in [-0.2, 0) is 6.18 Å². The number of nitrogens with one attached hydrogen (secondary N) is 1. The molecule has 1 heterocycles. The minimum Gasteiger partial charge on any atom is -0.454 e. The van der Waals surface area contributed by atoms with Crippen LogP contribution in [0.5, 0.6) is 11.5 Å². The number of carbonyl (C=O) groups is 1. The van der Waals surface area contributed by atoms with Gasteiger partial charge in [-0.05, 0) is 36.4 Å². The fourth-order valence-electron chi connectivity index (χ4n) is 2.12. The lowest BCUT2D eigenvalue weighted by atomic mass is 10.1. The molecule has 0 bridgehead atoms. The molecular formula is C15H11F3N2O3. The number of benzene rings is 2. The van der Waals surface area contributed by atoms with Crippen LogP contribution in [0.2, 0.25) is 0 Å². The zero-order valence-corrected chi connectivity index (χ0v) is 11.6. The summed E-state index contributed by atoms with van der Waals surface area (Å²) in [4.78, 5) is 12.1. The molecule has 2 aromatic rings. The van der Waals surface area contributed by atoms with Crippen molar-refractivity contribution >= 4 is 17.3 Å². The fraction of sp³-hybridized carbons (Fsp3) is 0.133. The van der Waals surface area contributed by atoms with Gasteiger partial charge in [0, 0.05) is 16.9 Å². The van der Waals surface area contributed by atoms with E-state index < -0.39 is 23.3 Å². The molecule has 0 saturated heterocycles. The maximum atomic E-state index is 12.8. The first-order valence-electron chi connectivity index (χ1n) is 6.52. The van der Waals surface area contributed by atoms with Gasteiger partial charge in [-0.1, -0.05) is 0 Å². The molecule has 0 aliphatic carbocycles. The van der Waals surface area contributed by atoms with E-state index in [4.69, 9.17) is 15.2 Å². The van der Waals surface area contributed by atoms with Gasteiger partial charge in [0.15, 0.2) is 11.5 Å². The number of ether oxygens (including phenoxy) is 2. The molecule has 2 aromatic carbocycles. The molecule has 0 saturated carbocycles. The number of halogens is 3. The molecule has 0 atom stereocenters. The first kappa shape index (κ1) is 15.0. The third-order valence-corrected chi connectivity index (χ3v) is 3.25. The molecule has 0 aromatic heterocycles. The monoisotopic (exact) mass is 324 g/mol. The van der Waals surface area contributed by atoms with Crippen LogP contribution >= 0.6 is 0 Å². The van der Waals surface area contributed by atoms with E-state index in [0.29, 0.717) is 11.5 Å². The Morgan fingerprint density at radius 3 is 2.57 bits per heavy atom. The number of hydrogen-bond acceptors (Lipinski definition) is 4. The molecule has 3 N–H and O–H groups in total. The van der Waals surface area contributed by atoms with E-state index in [1.165, 1.54) is 18.2 Å². The van der Waals surface area contributed by atoms with Crippen molar-refractivity contribution in [2.45, 2.75) is 6.18 Å². The number of fused-ring (bicyclic) bond motifs is 1. The summed E-state index contributed by atoms with van der Waals surface area (Å²) >= 11 is 0. The number of hydrogen-bond donors (Lipinski definition) is 2. The summed E-state index contributed by atoms with van der Waals surface area (Å²) in [5.41, 5.74) is 4.14. The van der Waals surface area contributed by atoms with Gasteiger partial charge in [0.1, 0.15) is 0 Å². The summed E-state index contributed by atoms with van der Waals surface area (Å²) in [7, 11) is 0. The van der Waals surface area contributed by atoms with Crippen molar-refractivity contribution < 1.29 is 27.4 Å². The predicted octanol–water partition coefficient (Wildman–Crippen LogP) is 3.27. The molecule has 1 aliphatic heterocycles. The largest absolute Gasteiger partial charge is 0.454 e. The molecule has 0 unspecified atom stereocenters. The van der Waals surface area contributed by atoms with Gasteiger partial charge in [-0.25, -0.2) is 0 Å². The highest BCUT2D eigenvalue weighted by Gasteiger charge is 2.33. The minimum absolute atomic E-state index is 0.00538. The van der Waals surface area contributed by atoms with Crippen LogP contribution in [0.25, 0.3) is 0 Å². The average molecular weight is 324 g/mol. The summed E-state index contributed by atoms with van der Waals surface area (Å²) in [5.74, 6) is 0.348. The molecule has 120 valence electrons. The van der Waals surface area contributed by atoms with Gasteiger partial charge in [0.2, 0.25) is 6.79 Å². The molecular weight excluding hydrogens is 313 g/mol. The SMILES string of the molecule is Nc1ccc(NC(=O)c2ccc3c(c2)OCO3)cc1C(F)(F)F. The van der Waals surface area contributed by atoms with E-state index in [0.717, 1.165) is 12.1 Å². The zero-order valence-electron chi connectivity index (χ0n) is 11.6. The Bertz CT molecular complexity index is 775. The Morgan fingerprint density at radius 2 is 1.83 bits per heavy atom. The van der Waals surface area contributed by atoms with E-state index in [1.54, 1.807) is 6.07 Å². The Hall–Kier alpha value is -2.90. The standard InChI is InChI=1S/C15H11F3N2O3/c16-15(17,18)10-6-9(2-3-11(10)19)20-14(21)8-1-4-12-13(5-8)23-7-22-12/h1-6H,7,19H2,(H,20,21). The van der Waals surface area contributed by atoms with Crippen LogP contribution in [0.1, 0.15) is 15.9 Å². The maximum Gasteiger partial charge on any atom is 0.418 e. The van der Waals surface area contributed by atoms with Crippen molar-refractivity contribution in [2.24, 2.45) is 0 Å². The number of alkyl halides is 3. The van der Waals surface area contributed by atoms with Crippen LogP contribution in [-0.4, -0.2) is 12.7 Å². The summed E-state index contributed by atoms with van der Waals surface area (Å²) in [6.45, 7) is 0.0628. The highest BCUT2D eigenvalue weighted by molar-refractivity contribution is 6.04. The highest BCUT2D eigenvalue weighted by Crippen LogP contribution is 2.36. The Balaban J connectivity index is 1.83. The number of nitrogen functional groups attached to an aromatic ring is 1. The van der Waals surface area contributed by atoms with Crippen molar-refractivity contribution in [2.75, 3.05) is 17.8 Å². The number of carbonyl (C=O) groups excluding carboxylic acids is 1. The van der Waals surface area contributed by atoms with Gasteiger partial charge in [0.25, 0.3) is 5.91 Å². The number of amides is 1. The number of nitrogens with two attached hydrogens (primary N) is 1. The van der Waals surface area contributed by atoms with Crippen LogP contribution in [0.15, 0.2) is 36.4 Å². The lowest BCUT2D eigenvalue weighted by molar-refractivity contribution is -0.136. The van der Waals surface area contributed by atoms with Gasteiger partial charge in [-0.15, -0.1) is 0 Å². The average Bonchev–Trinajstić information content (AvgIpc) is 2.95. The number of anilines is 2. The van der Waals surface area contributed by atoms with E-state index in [9.17, 15) is 18.0 Å². The third-order valence-electron chi connectivity index (χ3n) is 3.25. The highest BCUT2D eigenvalue weighted by atomic mass is 19.4. The van der Waals surface area contributed by atoms with Crippen molar-refractivity contribution in [1.29, 1.82) is 0 Å². The Morgan fingerprint density at radius 1 is 1.09 bits per heavy atom. The van der Waals surface area contributed by atoms with Gasteiger partial charge in [-0.2, -0.15) is 13.2 Å². The van der Waals surface area contributed by atoms with Gasteiger partial charge in [0.05, 0.1) is 5.56 Å². The Kier molecular flexibility index (Phi) is 3.51. The quantitative estimate of drug-likeness (QED) is 0.832. The van der Waals surface area contributed by atoms with Crippen LogP contribution in [0.3, 0.4) is 0 Å². The predicted molar refractivity (Wildman–Crippen MR) is 76.4 cm³/mol. The van der Waals surface area contributed by atoms with Crippen molar-refractivity contribution in [3.63, 3.8) is 0 Å². The summed E-state index contributed by atoms with van der Waals surface area (Å²) in [6.07, 6.45) is -4.59. The van der Waals surface area contributed by atoms with E-state index in [-0.39, 0.29) is 18.0 Å². The molecule has 3 rings (SSSR count). The van der Waals surface area contributed by atoms with Crippen molar-refractivity contribution in [3.05, 3.63) is 47.5 Å². The summed E-state index contributed by atoms with van der Waals surface area (Å²) < 4.78 is 48.7. The molecule has 8 heteroatoms. The molecule has 0 fully saturated rings. The molecule has 0 radical (unpaired) electrons. The molecule has 23 heavy (non-hydrogen) atoms. The smallest absolute Gasteiger partial charge is 0.418 e. The van der Waals surface area contributed by atoms with E-state index in [2.05, 4.69) is 5.32 Å². The number of rotatable bonds is 2. The second-order valence-electron chi connectivity index (χ2n) is 4.82. The fourth-order valence-corrected chi connectivity index (χ4v) is 2.12. The second-order valence-corrected chi connectivity index (χ2v) is 4.82. The lowest BCUT2D eigenvalue weighted by Crippen LogP contribution is -2.14. The summed E-state index contributed by atoms with van der Waals surface area (Å²) in [6, 6.07) is 7.69. The van der Waals surface area contributed by atoms with Crippen molar-refractivity contribution in [1.82, 2.24) is 0 Å². The molecule has 5 nitrogen and oxygen atoms in total.